The molecule has 0 atom stereocenters. The molecule has 2 aromatic rings. The Bertz CT molecular complexity index is 736. The van der Waals surface area contributed by atoms with Gasteiger partial charge < -0.3 is 4.90 Å². The summed E-state index contributed by atoms with van der Waals surface area (Å²) < 4.78 is 23.7. The maximum absolute atomic E-state index is 11.8. The molecule has 1 heterocycles. The van der Waals surface area contributed by atoms with Crippen LogP contribution >= 0.6 is 0 Å². The molecule has 0 saturated carbocycles. The second-order valence-electron chi connectivity index (χ2n) is 5.34. The molecule has 1 aliphatic rings. The van der Waals surface area contributed by atoms with Crippen LogP contribution in [0.4, 0.5) is 5.69 Å². The number of anilines is 1. The summed E-state index contributed by atoms with van der Waals surface area (Å²) in [6.45, 7) is 3.53. The quantitative estimate of drug-likeness (QED) is 0.874. The summed E-state index contributed by atoms with van der Waals surface area (Å²) in [4.78, 5) is 2.70. The summed E-state index contributed by atoms with van der Waals surface area (Å²) >= 11 is 0. The van der Waals surface area contributed by atoms with Crippen LogP contribution in [0.25, 0.3) is 0 Å². The zero-order chi connectivity index (χ0) is 14.9. The highest BCUT2D eigenvalue weighted by Crippen LogP contribution is 2.25. The maximum Gasteiger partial charge on any atom is 0.178 e. The molecule has 0 spiro atoms. The molecule has 2 aromatic carbocycles. The Kier molecular flexibility index (Phi) is 3.72. The van der Waals surface area contributed by atoms with Gasteiger partial charge in [0.15, 0.2) is 9.84 Å². The second-order valence-corrected chi connectivity index (χ2v) is 7.62. The molecule has 0 bridgehead atoms. The molecule has 0 radical (unpaired) electrons. The van der Waals surface area contributed by atoms with Crippen molar-refractivity contribution in [1.29, 1.82) is 0 Å². The SMILES string of the molecule is CCS(=O)(=O)c1ccc(N2CCc3ccccc3C2)cc1. The number of benzene rings is 2. The maximum atomic E-state index is 11.8. The van der Waals surface area contributed by atoms with E-state index in [-0.39, 0.29) is 5.75 Å². The van der Waals surface area contributed by atoms with Crippen LogP contribution in [0, 0.1) is 0 Å². The fourth-order valence-corrected chi connectivity index (χ4v) is 3.63. The molecule has 1 aliphatic heterocycles. The largest absolute Gasteiger partial charge is 0.367 e. The zero-order valence-electron chi connectivity index (χ0n) is 12.1. The highest BCUT2D eigenvalue weighted by Gasteiger charge is 2.17. The first kappa shape index (κ1) is 14.1. The van der Waals surface area contributed by atoms with Gasteiger partial charge in [0.05, 0.1) is 10.6 Å². The van der Waals surface area contributed by atoms with Crippen molar-refractivity contribution < 1.29 is 8.42 Å². The van der Waals surface area contributed by atoms with Gasteiger partial charge in [0.2, 0.25) is 0 Å². The molecule has 110 valence electrons. The number of rotatable bonds is 3. The Morgan fingerprint density at radius 1 is 1.00 bits per heavy atom. The number of hydrogen-bond acceptors (Lipinski definition) is 3. The molecule has 0 N–H and O–H groups in total. The van der Waals surface area contributed by atoms with E-state index < -0.39 is 9.84 Å². The van der Waals surface area contributed by atoms with Gasteiger partial charge >= 0.3 is 0 Å². The topological polar surface area (TPSA) is 37.4 Å². The highest BCUT2D eigenvalue weighted by atomic mass is 32.2. The zero-order valence-corrected chi connectivity index (χ0v) is 12.9. The summed E-state index contributed by atoms with van der Waals surface area (Å²) in [5.41, 5.74) is 3.85. The Labute approximate surface area is 126 Å². The van der Waals surface area contributed by atoms with Crippen molar-refractivity contribution in [2.75, 3.05) is 17.2 Å². The first-order chi connectivity index (χ1) is 10.1. The van der Waals surface area contributed by atoms with Crippen molar-refractivity contribution in [2.45, 2.75) is 24.8 Å². The Hall–Kier alpha value is -1.81. The fraction of sp³-hybridized carbons (Fsp3) is 0.294. The van der Waals surface area contributed by atoms with E-state index in [2.05, 4.69) is 29.2 Å². The van der Waals surface area contributed by atoms with Crippen LogP contribution in [0.1, 0.15) is 18.1 Å². The second kappa shape index (κ2) is 5.53. The van der Waals surface area contributed by atoms with E-state index in [0.29, 0.717) is 4.90 Å². The van der Waals surface area contributed by atoms with Crippen LogP contribution in [0.15, 0.2) is 53.4 Å². The van der Waals surface area contributed by atoms with E-state index in [1.807, 2.05) is 12.1 Å². The Morgan fingerprint density at radius 2 is 1.67 bits per heavy atom. The van der Waals surface area contributed by atoms with Gasteiger partial charge in [-0.1, -0.05) is 31.2 Å². The van der Waals surface area contributed by atoms with Gasteiger partial charge in [0, 0.05) is 18.8 Å². The van der Waals surface area contributed by atoms with Crippen LogP contribution < -0.4 is 4.90 Å². The molecule has 0 unspecified atom stereocenters. The fourth-order valence-electron chi connectivity index (χ4n) is 2.75. The van der Waals surface area contributed by atoms with Gasteiger partial charge in [-0.05, 0) is 41.8 Å². The molecule has 0 saturated heterocycles. The lowest BCUT2D eigenvalue weighted by Gasteiger charge is -2.30. The predicted octanol–water partition coefficient (Wildman–Crippen LogP) is 3.04. The third-order valence-electron chi connectivity index (χ3n) is 4.07. The minimum Gasteiger partial charge on any atom is -0.367 e. The van der Waals surface area contributed by atoms with Crippen LogP contribution in [0.5, 0.6) is 0 Å². The molecule has 3 nitrogen and oxygen atoms in total. The smallest absolute Gasteiger partial charge is 0.178 e. The first-order valence-electron chi connectivity index (χ1n) is 7.25. The van der Waals surface area contributed by atoms with Gasteiger partial charge in [-0.2, -0.15) is 0 Å². The normalized spacial score (nSPS) is 14.8. The Morgan fingerprint density at radius 3 is 2.33 bits per heavy atom. The molecule has 0 fully saturated rings. The van der Waals surface area contributed by atoms with Crippen molar-refractivity contribution in [3.05, 3.63) is 59.7 Å². The lowest BCUT2D eigenvalue weighted by Crippen LogP contribution is -2.30. The van der Waals surface area contributed by atoms with Crippen LogP contribution in [0.2, 0.25) is 0 Å². The minimum absolute atomic E-state index is 0.142. The lowest BCUT2D eigenvalue weighted by atomic mass is 9.99. The molecular weight excluding hydrogens is 282 g/mol. The van der Waals surface area contributed by atoms with E-state index in [1.54, 1.807) is 19.1 Å². The summed E-state index contributed by atoms with van der Waals surface area (Å²) in [7, 11) is -3.11. The van der Waals surface area contributed by atoms with Crippen molar-refractivity contribution >= 4 is 15.5 Å². The van der Waals surface area contributed by atoms with E-state index in [9.17, 15) is 8.42 Å². The average Bonchev–Trinajstić information content (AvgIpc) is 2.54. The van der Waals surface area contributed by atoms with Gasteiger partial charge in [-0.25, -0.2) is 8.42 Å². The molecule has 4 heteroatoms. The third kappa shape index (κ3) is 2.81. The van der Waals surface area contributed by atoms with Crippen molar-refractivity contribution in [3.63, 3.8) is 0 Å². The van der Waals surface area contributed by atoms with Gasteiger partial charge in [-0.3, -0.25) is 0 Å². The molecule has 21 heavy (non-hydrogen) atoms. The predicted molar refractivity (Wildman–Crippen MR) is 85.4 cm³/mol. The molecule has 0 amide bonds. The van der Waals surface area contributed by atoms with Gasteiger partial charge in [0.1, 0.15) is 0 Å². The summed E-state index contributed by atoms with van der Waals surface area (Å²) in [5, 5.41) is 0. The number of nitrogens with zero attached hydrogens (tertiary/aromatic N) is 1. The molecule has 0 aliphatic carbocycles. The average molecular weight is 301 g/mol. The van der Waals surface area contributed by atoms with Crippen LogP contribution in [-0.2, 0) is 22.8 Å². The standard InChI is InChI=1S/C17H19NO2S/c1-2-21(19,20)17-9-7-16(8-10-17)18-12-11-14-5-3-4-6-15(14)13-18/h3-10H,2,11-13H2,1H3. The highest BCUT2D eigenvalue weighted by molar-refractivity contribution is 7.91. The van der Waals surface area contributed by atoms with E-state index >= 15 is 0 Å². The van der Waals surface area contributed by atoms with Gasteiger partial charge in [-0.15, -0.1) is 0 Å². The van der Waals surface area contributed by atoms with Gasteiger partial charge in [0.25, 0.3) is 0 Å². The minimum atomic E-state index is -3.11. The van der Waals surface area contributed by atoms with Crippen LogP contribution in [-0.4, -0.2) is 20.7 Å². The summed E-state index contributed by atoms with van der Waals surface area (Å²) in [6, 6.07) is 15.8. The van der Waals surface area contributed by atoms with Crippen molar-refractivity contribution in [3.8, 4) is 0 Å². The van der Waals surface area contributed by atoms with Crippen molar-refractivity contribution in [1.82, 2.24) is 0 Å². The summed E-state index contributed by atoms with van der Waals surface area (Å²) in [6.07, 6.45) is 1.03. The number of hydrogen-bond donors (Lipinski definition) is 0. The monoisotopic (exact) mass is 301 g/mol. The Balaban J connectivity index is 1.83. The molecule has 0 aromatic heterocycles. The van der Waals surface area contributed by atoms with E-state index in [0.717, 1.165) is 25.2 Å². The van der Waals surface area contributed by atoms with E-state index in [4.69, 9.17) is 0 Å². The van der Waals surface area contributed by atoms with Crippen molar-refractivity contribution in [2.24, 2.45) is 0 Å². The summed E-state index contributed by atoms with van der Waals surface area (Å²) in [5.74, 6) is 0.142. The lowest BCUT2D eigenvalue weighted by molar-refractivity contribution is 0.597. The third-order valence-corrected chi connectivity index (χ3v) is 5.82. The molecular formula is C17H19NO2S. The van der Waals surface area contributed by atoms with Crippen LogP contribution in [0.3, 0.4) is 0 Å². The number of fused-ring (bicyclic) bond motifs is 1. The van der Waals surface area contributed by atoms with E-state index in [1.165, 1.54) is 11.1 Å². The first-order valence-corrected chi connectivity index (χ1v) is 8.90. The number of sulfone groups is 1. The molecule has 3 rings (SSSR count).